The number of rotatable bonds is 4. The smallest absolute Gasteiger partial charge is 0.357 e. The van der Waals surface area contributed by atoms with Crippen LogP contribution >= 0.6 is 0 Å². The fourth-order valence-corrected chi connectivity index (χ4v) is 2.79. The van der Waals surface area contributed by atoms with Gasteiger partial charge in [0, 0.05) is 32.0 Å². The molecule has 0 bridgehead atoms. The zero-order valence-corrected chi connectivity index (χ0v) is 13.8. The maximum absolute atomic E-state index is 12.6. The summed E-state index contributed by atoms with van der Waals surface area (Å²) in [6.45, 7) is 2.35. The summed E-state index contributed by atoms with van der Waals surface area (Å²) < 4.78 is 37.9. The number of pyridine rings is 1. The molecule has 1 fully saturated rings. The lowest BCUT2D eigenvalue weighted by molar-refractivity contribution is -0.141. The molecule has 2 aromatic heterocycles. The van der Waals surface area contributed by atoms with Gasteiger partial charge in [-0.15, -0.1) is 0 Å². The van der Waals surface area contributed by atoms with Crippen molar-refractivity contribution in [1.29, 1.82) is 0 Å². The molecule has 3 heterocycles. The zero-order valence-electron chi connectivity index (χ0n) is 13.8. The van der Waals surface area contributed by atoms with Crippen molar-refractivity contribution < 1.29 is 13.2 Å². The van der Waals surface area contributed by atoms with Crippen molar-refractivity contribution in [3.05, 3.63) is 41.9 Å². The SMILES string of the molecule is FC(F)(F)c1ccnc(NCc2ccc(N3CCCCCC3)nc2)n1. The lowest BCUT2D eigenvalue weighted by Gasteiger charge is -2.21. The van der Waals surface area contributed by atoms with Crippen LogP contribution in [0.4, 0.5) is 24.9 Å². The van der Waals surface area contributed by atoms with Crippen LogP contribution in [0.25, 0.3) is 0 Å². The normalized spacial score (nSPS) is 15.7. The van der Waals surface area contributed by atoms with E-state index in [0.29, 0.717) is 6.54 Å². The summed E-state index contributed by atoms with van der Waals surface area (Å²) in [6.07, 6.45) is 3.23. The maximum Gasteiger partial charge on any atom is 0.433 e. The molecule has 2 aromatic rings. The van der Waals surface area contributed by atoms with Crippen molar-refractivity contribution in [2.45, 2.75) is 38.4 Å². The molecule has 0 saturated carbocycles. The maximum atomic E-state index is 12.6. The minimum absolute atomic E-state index is 0.0496. The third-order valence-corrected chi connectivity index (χ3v) is 4.14. The van der Waals surface area contributed by atoms with Gasteiger partial charge in [0.15, 0.2) is 0 Å². The Morgan fingerprint density at radius 2 is 1.76 bits per heavy atom. The lowest BCUT2D eigenvalue weighted by atomic mass is 10.2. The molecule has 1 N–H and O–H groups in total. The van der Waals surface area contributed by atoms with Crippen LogP contribution in [0.2, 0.25) is 0 Å². The Morgan fingerprint density at radius 3 is 2.40 bits per heavy atom. The molecule has 1 aliphatic heterocycles. The predicted octanol–water partition coefficient (Wildman–Crippen LogP) is 3.88. The minimum Gasteiger partial charge on any atom is -0.357 e. The van der Waals surface area contributed by atoms with Crippen LogP contribution in [0.5, 0.6) is 0 Å². The first-order chi connectivity index (χ1) is 12.0. The number of halogens is 3. The third kappa shape index (κ3) is 4.80. The highest BCUT2D eigenvalue weighted by atomic mass is 19.4. The average Bonchev–Trinajstić information content (AvgIpc) is 2.89. The molecule has 0 unspecified atom stereocenters. The van der Waals surface area contributed by atoms with E-state index in [-0.39, 0.29) is 5.95 Å². The van der Waals surface area contributed by atoms with Crippen molar-refractivity contribution in [3.63, 3.8) is 0 Å². The van der Waals surface area contributed by atoms with Gasteiger partial charge in [-0.25, -0.2) is 15.0 Å². The molecule has 0 aromatic carbocycles. The van der Waals surface area contributed by atoms with E-state index in [1.165, 1.54) is 25.7 Å². The Balaban J connectivity index is 1.60. The fourth-order valence-electron chi connectivity index (χ4n) is 2.79. The van der Waals surface area contributed by atoms with E-state index in [1.807, 2.05) is 12.1 Å². The standard InChI is InChI=1S/C17H20F3N5/c18-17(19,20)14-7-8-21-16(24-14)23-12-13-5-6-15(22-11-13)25-9-3-1-2-4-10-25/h5-8,11H,1-4,9-10,12H2,(H,21,23,24). The first-order valence-corrected chi connectivity index (χ1v) is 8.36. The second-order valence-corrected chi connectivity index (χ2v) is 6.04. The predicted molar refractivity (Wildman–Crippen MR) is 89.3 cm³/mol. The monoisotopic (exact) mass is 351 g/mol. The van der Waals surface area contributed by atoms with Gasteiger partial charge in [0.2, 0.25) is 5.95 Å². The summed E-state index contributed by atoms with van der Waals surface area (Å²) in [5.41, 5.74) is -0.0979. The minimum atomic E-state index is -4.48. The van der Waals surface area contributed by atoms with Crippen molar-refractivity contribution in [1.82, 2.24) is 15.0 Å². The summed E-state index contributed by atoms with van der Waals surface area (Å²) in [5.74, 6) is 0.896. The van der Waals surface area contributed by atoms with Gasteiger partial charge in [-0.3, -0.25) is 0 Å². The van der Waals surface area contributed by atoms with E-state index in [9.17, 15) is 13.2 Å². The molecule has 25 heavy (non-hydrogen) atoms. The highest BCUT2D eigenvalue weighted by Crippen LogP contribution is 2.27. The van der Waals surface area contributed by atoms with E-state index in [1.54, 1.807) is 6.20 Å². The topological polar surface area (TPSA) is 53.9 Å². The third-order valence-electron chi connectivity index (χ3n) is 4.14. The Bertz CT molecular complexity index is 679. The van der Waals surface area contributed by atoms with Crippen LogP contribution in [0, 0.1) is 0 Å². The van der Waals surface area contributed by atoms with Gasteiger partial charge < -0.3 is 10.2 Å². The van der Waals surface area contributed by atoms with Crippen molar-refractivity contribution in [2.24, 2.45) is 0 Å². The van der Waals surface area contributed by atoms with Crippen molar-refractivity contribution in [2.75, 3.05) is 23.3 Å². The molecule has 3 rings (SSSR count). The van der Waals surface area contributed by atoms with Crippen LogP contribution in [0.3, 0.4) is 0 Å². The Morgan fingerprint density at radius 1 is 1.00 bits per heavy atom. The first-order valence-electron chi connectivity index (χ1n) is 8.36. The number of aromatic nitrogens is 3. The van der Waals surface area contributed by atoms with Gasteiger partial charge >= 0.3 is 6.18 Å². The highest BCUT2D eigenvalue weighted by Gasteiger charge is 2.32. The first kappa shape index (κ1) is 17.4. The number of hydrogen-bond donors (Lipinski definition) is 1. The number of nitrogens with one attached hydrogen (secondary N) is 1. The highest BCUT2D eigenvalue weighted by molar-refractivity contribution is 5.40. The van der Waals surface area contributed by atoms with E-state index in [2.05, 4.69) is 25.2 Å². The molecular weight excluding hydrogens is 331 g/mol. The van der Waals surface area contributed by atoms with E-state index >= 15 is 0 Å². The van der Waals surface area contributed by atoms with Crippen LogP contribution in [0.15, 0.2) is 30.6 Å². The molecule has 1 aliphatic rings. The molecular formula is C17H20F3N5. The van der Waals surface area contributed by atoms with Crippen LogP contribution in [0.1, 0.15) is 36.9 Å². The molecule has 0 spiro atoms. The van der Waals surface area contributed by atoms with Crippen LogP contribution < -0.4 is 10.2 Å². The second-order valence-electron chi connectivity index (χ2n) is 6.04. The molecule has 134 valence electrons. The lowest BCUT2D eigenvalue weighted by Crippen LogP contribution is -2.24. The molecule has 5 nitrogen and oxygen atoms in total. The molecule has 8 heteroatoms. The fraction of sp³-hybridized carbons (Fsp3) is 0.471. The van der Waals surface area contributed by atoms with Crippen molar-refractivity contribution >= 4 is 11.8 Å². The van der Waals surface area contributed by atoms with Crippen LogP contribution in [-0.2, 0) is 12.7 Å². The largest absolute Gasteiger partial charge is 0.433 e. The van der Waals surface area contributed by atoms with Gasteiger partial charge in [-0.1, -0.05) is 18.9 Å². The Labute approximate surface area is 144 Å². The van der Waals surface area contributed by atoms with Crippen molar-refractivity contribution in [3.8, 4) is 0 Å². The summed E-state index contributed by atoms with van der Waals surface area (Å²) in [4.78, 5) is 14.1. The Hall–Kier alpha value is -2.38. The van der Waals surface area contributed by atoms with Gasteiger partial charge in [-0.2, -0.15) is 13.2 Å². The molecule has 0 atom stereocenters. The molecule has 0 radical (unpaired) electrons. The zero-order chi connectivity index (χ0) is 17.7. The molecule has 0 amide bonds. The number of hydrogen-bond acceptors (Lipinski definition) is 5. The Kier molecular flexibility index (Phi) is 5.35. The second kappa shape index (κ2) is 7.67. The van der Waals surface area contributed by atoms with E-state index in [0.717, 1.165) is 36.7 Å². The van der Waals surface area contributed by atoms with Gasteiger partial charge in [0.25, 0.3) is 0 Å². The summed E-state index contributed by atoms with van der Waals surface area (Å²) in [7, 11) is 0. The number of nitrogens with zero attached hydrogens (tertiary/aromatic N) is 4. The number of anilines is 2. The van der Waals surface area contributed by atoms with E-state index in [4.69, 9.17) is 0 Å². The van der Waals surface area contributed by atoms with Crippen LogP contribution in [-0.4, -0.2) is 28.0 Å². The van der Waals surface area contributed by atoms with Gasteiger partial charge in [-0.05, 0) is 30.5 Å². The summed E-state index contributed by atoms with van der Waals surface area (Å²) >= 11 is 0. The number of alkyl halides is 3. The van der Waals surface area contributed by atoms with E-state index < -0.39 is 11.9 Å². The summed E-state index contributed by atoms with van der Waals surface area (Å²) in [6, 6.07) is 4.73. The average molecular weight is 351 g/mol. The van der Waals surface area contributed by atoms with Gasteiger partial charge in [0.1, 0.15) is 11.5 Å². The molecule has 1 saturated heterocycles. The summed E-state index contributed by atoms with van der Waals surface area (Å²) in [5, 5.41) is 2.81. The van der Waals surface area contributed by atoms with Gasteiger partial charge in [0.05, 0.1) is 0 Å². The quantitative estimate of drug-likeness (QED) is 0.906. The molecule has 0 aliphatic carbocycles.